The van der Waals surface area contributed by atoms with Crippen LogP contribution in [0.15, 0.2) is 18.3 Å². The van der Waals surface area contributed by atoms with Gasteiger partial charge in [0.25, 0.3) is 0 Å². The molecule has 1 heterocycles. The first-order valence-corrected chi connectivity index (χ1v) is 7.38. The van der Waals surface area contributed by atoms with E-state index in [1.807, 2.05) is 31.1 Å². The van der Waals surface area contributed by atoms with Crippen LogP contribution in [0.3, 0.4) is 0 Å². The van der Waals surface area contributed by atoms with E-state index in [2.05, 4.69) is 35.1 Å². The first-order valence-electron chi connectivity index (χ1n) is 6.22. The van der Waals surface area contributed by atoms with Gasteiger partial charge in [0.05, 0.1) is 0 Å². The minimum atomic E-state index is 0.932. The molecule has 96 valence electrons. The van der Waals surface area contributed by atoms with E-state index in [1.165, 1.54) is 17.9 Å². The number of aromatic nitrogens is 1. The average molecular weight is 253 g/mol. The lowest BCUT2D eigenvalue weighted by molar-refractivity contribution is 0.324. The summed E-state index contributed by atoms with van der Waals surface area (Å²) in [5.74, 6) is 3.18. The van der Waals surface area contributed by atoms with E-state index in [4.69, 9.17) is 0 Å². The van der Waals surface area contributed by atoms with E-state index in [0.29, 0.717) is 0 Å². The molecular weight excluding hydrogens is 230 g/mol. The van der Waals surface area contributed by atoms with Crippen molar-refractivity contribution in [2.45, 2.75) is 19.6 Å². The molecule has 0 atom stereocenters. The second-order valence-electron chi connectivity index (χ2n) is 3.88. The lowest BCUT2D eigenvalue weighted by Gasteiger charge is -2.17. The molecule has 0 aliphatic carbocycles. The summed E-state index contributed by atoms with van der Waals surface area (Å²) in [5, 5.41) is 3.03. The lowest BCUT2D eigenvalue weighted by atomic mass is 10.3. The molecule has 0 bridgehead atoms. The van der Waals surface area contributed by atoms with Crippen molar-refractivity contribution >= 4 is 17.6 Å². The average Bonchev–Trinajstić information content (AvgIpc) is 2.40. The maximum atomic E-state index is 4.31. The number of nitrogens with zero attached hydrogens (tertiary/aromatic N) is 2. The van der Waals surface area contributed by atoms with Crippen LogP contribution in [0.2, 0.25) is 0 Å². The van der Waals surface area contributed by atoms with Crippen LogP contribution in [0.25, 0.3) is 0 Å². The molecule has 0 aliphatic heterocycles. The van der Waals surface area contributed by atoms with Crippen molar-refractivity contribution in [3.05, 3.63) is 23.9 Å². The van der Waals surface area contributed by atoms with E-state index in [0.717, 1.165) is 24.7 Å². The van der Waals surface area contributed by atoms with Gasteiger partial charge in [0, 0.05) is 31.3 Å². The van der Waals surface area contributed by atoms with Crippen LogP contribution in [0.4, 0.5) is 5.82 Å². The summed E-state index contributed by atoms with van der Waals surface area (Å²) in [6.07, 6.45) is 1.95. The number of hydrogen-bond donors (Lipinski definition) is 1. The highest BCUT2D eigenvalue weighted by molar-refractivity contribution is 7.98. The quantitative estimate of drug-likeness (QED) is 0.721. The third-order valence-corrected chi connectivity index (χ3v) is 3.80. The molecular formula is C13H23N3S. The Kier molecular flexibility index (Phi) is 7.05. The molecule has 0 aromatic carbocycles. The molecule has 1 rings (SSSR count). The van der Waals surface area contributed by atoms with Gasteiger partial charge in [-0.2, -0.15) is 11.8 Å². The topological polar surface area (TPSA) is 28.2 Å². The molecule has 0 saturated carbocycles. The van der Waals surface area contributed by atoms with Crippen molar-refractivity contribution < 1.29 is 0 Å². The zero-order valence-corrected chi connectivity index (χ0v) is 11.9. The molecule has 0 aliphatic rings. The fourth-order valence-electron chi connectivity index (χ4n) is 1.58. The second-order valence-corrected chi connectivity index (χ2v) is 4.99. The maximum absolute atomic E-state index is 4.31. The summed E-state index contributed by atoms with van der Waals surface area (Å²) in [7, 11) is 1.89. The molecule has 0 amide bonds. The predicted octanol–water partition coefficient (Wildman–Crippen LogP) is 2.70. The lowest BCUT2D eigenvalue weighted by Crippen LogP contribution is -2.25. The van der Waals surface area contributed by atoms with Crippen LogP contribution in [-0.2, 0) is 5.75 Å². The molecule has 1 aromatic heterocycles. The highest BCUT2D eigenvalue weighted by atomic mass is 32.2. The van der Waals surface area contributed by atoms with Gasteiger partial charge in [-0.1, -0.05) is 19.9 Å². The molecule has 17 heavy (non-hydrogen) atoms. The van der Waals surface area contributed by atoms with E-state index in [1.54, 1.807) is 0 Å². The van der Waals surface area contributed by atoms with Gasteiger partial charge >= 0.3 is 0 Å². The van der Waals surface area contributed by atoms with Crippen LogP contribution in [0, 0.1) is 0 Å². The van der Waals surface area contributed by atoms with Crippen molar-refractivity contribution in [3.8, 4) is 0 Å². The predicted molar refractivity (Wildman–Crippen MR) is 77.7 cm³/mol. The van der Waals surface area contributed by atoms with E-state index < -0.39 is 0 Å². The first-order chi connectivity index (χ1) is 8.30. The first kappa shape index (κ1) is 14.3. The van der Waals surface area contributed by atoms with E-state index in [9.17, 15) is 0 Å². The molecule has 0 radical (unpaired) electrons. The van der Waals surface area contributed by atoms with Crippen molar-refractivity contribution in [1.82, 2.24) is 9.88 Å². The Morgan fingerprint density at radius 3 is 2.59 bits per heavy atom. The Bertz CT molecular complexity index is 296. The number of rotatable bonds is 8. The Hall–Kier alpha value is -0.740. The third-order valence-electron chi connectivity index (χ3n) is 2.80. The van der Waals surface area contributed by atoms with Crippen molar-refractivity contribution in [2.75, 3.05) is 37.8 Å². The molecule has 0 unspecified atom stereocenters. The molecule has 0 saturated heterocycles. The fourth-order valence-corrected chi connectivity index (χ4v) is 2.52. The molecule has 1 N–H and O–H groups in total. The molecule has 0 fully saturated rings. The normalized spacial score (nSPS) is 10.8. The zero-order chi connectivity index (χ0) is 12.5. The summed E-state index contributed by atoms with van der Waals surface area (Å²) in [6.45, 7) is 7.91. The van der Waals surface area contributed by atoms with Crippen LogP contribution in [0.1, 0.15) is 19.4 Å². The van der Waals surface area contributed by atoms with Crippen molar-refractivity contribution in [1.29, 1.82) is 0 Å². The Labute approximate surface area is 109 Å². The second kappa shape index (κ2) is 8.37. The summed E-state index contributed by atoms with van der Waals surface area (Å²) in [6, 6.07) is 4.17. The van der Waals surface area contributed by atoms with Crippen molar-refractivity contribution in [3.63, 3.8) is 0 Å². The maximum Gasteiger partial charge on any atom is 0.125 e. The van der Waals surface area contributed by atoms with Gasteiger partial charge in [-0.15, -0.1) is 0 Å². The number of hydrogen-bond acceptors (Lipinski definition) is 4. The van der Waals surface area contributed by atoms with Gasteiger partial charge in [0.1, 0.15) is 5.82 Å². The number of pyridine rings is 1. The number of thioether (sulfide) groups is 1. The number of anilines is 1. The summed E-state index contributed by atoms with van der Waals surface area (Å²) < 4.78 is 0. The third kappa shape index (κ3) is 5.41. The summed E-state index contributed by atoms with van der Waals surface area (Å²) >= 11 is 1.98. The van der Waals surface area contributed by atoms with E-state index >= 15 is 0 Å². The monoisotopic (exact) mass is 253 g/mol. The minimum absolute atomic E-state index is 0.932. The standard InChI is InChI=1S/C13H23N3S/c1-4-16(5-2)8-9-17-11-12-6-7-13(14-3)15-10-12/h6-7,10H,4-5,8-9,11H2,1-3H3,(H,14,15). The van der Waals surface area contributed by atoms with E-state index in [-0.39, 0.29) is 0 Å². The highest BCUT2D eigenvalue weighted by Gasteiger charge is 1.99. The Morgan fingerprint density at radius 1 is 1.29 bits per heavy atom. The molecule has 0 spiro atoms. The Morgan fingerprint density at radius 2 is 2.06 bits per heavy atom. The summed E-state index contributed by atoms with van der Waals surface area (Å²) in [4.78, 5) is 6.76. The molecule has 1 aromatic rings. The minimum Gasteiger partial charge on any atom is -0.373 e. The SMILES string of the molecule is CCN(CC)CCSCc1ccc(NC)nc1. The Balaban J connectivity index is 2.21. The largest absolute Gasteiger partial charge is 0.373 e. The van der Waals surface area contributed by atoms with Crippen LogP contribution < -0.4 is 5.32 Å². The smallest absolute Gasteiger partial charge is 0.125 e. The van der Waals surface area contributed by atoms with Gasteiger partial charge < -0.3 is 10.2 Å². The molecule has 4 heteroatoms. The highest BCUT2D eigenvalue weighted by Crippen LogP contribution is 2.13. The van der Waals surface area contributed by atoms with Gasteiger partial charge in [-0.3, -0.25) is 0 Å². The van der Waals surface area contributed by atoms with Gasteiger partial charge in [-0.05, 0) is 24.7 Å². The summed E-state index contributed by atoms with van der Waals surface area (Å²) in [5.41, 5.74) is 1.30. The molecule has 3 nitrogen and oxygen atoms in total. The van der Waals surface area contributed by atoms with Crippen molar-refractivity contribution in [2.24, 2.45) is 0 Å². The van der Waals surface area contributed by atoms with Crippen LogP contribution in [0.5, 0.6) is 0 Å². The van der Waals surface area contributed by atoms with Gasteiger partial charge in [0.2, 0.25) is 0 Å². The van der Waals surface area contributed by atoms with Crippen LogP contribution in [-0.4, -0.2) is 42.3 Å². The fraction of sp³-hybridized carbons (Fsp3) is 0.615. The number of nitrogens with one attached hydrogen (secondary N) is 1. The zero-order valence-electron chi connectivity index (χ0n) is 11.1. The van der Waals surface area contributed by atoms with Gasteiger partial charge in [0.15, 0.2) is 0 Å². The van der Waals surface area contributed by atoms with Crippen LogP contribution >= 0.6 is 11.8 Å². The van der Waals surface area contributed by atoms with Gasteiger partial charge in [-0.25, -0.2) is 4.98 Å².